The van der Waals surface area contributed by atoms with Gasteiger partial charge in [-0.25, -0.2) is 9.18 Å². The van der Waals surface area contributed by atoms with Gasteiger partial charge in [0, 0.05) is 37.7 Å². The van der Waals surface area contributed by atoms with Crippen molar-refractivity contribution in [2.75, 3.05) is 11.4 Å². The summed E-state index contributed by atoms with van der Waals surface area (Å²) in [6, 6.07) is 4.30. The van der Waals surface area contributed by atoms with Gasteiger partial charge in [0.05, 0.1) is 11.2 Å². The summed E-state index contributed by atoms with van der Waals surface area (Å²) in [5, 5.41) is 3.04. The quantitative estimate of drug-likeness (QED) is 0.868. The maximum atomic E-state index is 14.1. The lowest BCUT2D eigenvalue weighted by atomic mass is 10.2. The molecule has 3 rings (SSSR count). The molecule has 5 nitrogen and oxygen atoms in total. The lowest BCUT2D eigenvalue weighted by molar-refractivity contribution is -0.120. The molecule has 1 aliphatic rings. The Labute approximate surface area is 136 Å². The van der Waals surface area contributed by atoms with Crippen LogP contribution in [-0.2, 0) is 11.8 Å². The number of halogens is 1. The average Bonchev–Trinajstić information content (AvgIpc) is 2.91. The number of carbonyl (C=O) groups is 2. The number of rotatable bonds is 1. The molecule has 1 aromatic carbocycles. The van der Waals surface area contributed by atoms with Crippen molar-refractivity contribution in [2.24, 2.45) is 7.05 Å². The summed E-state index contributed by atoms with van der Waals surface area (Å²) in [6.07, 6.45) is 2.01. The van der Waals surface area contributed by atoms with E-state index in [4.69, 9.17) is 0 Å². The van der Waals surface area contributed by atoms with Gasteiger partial charge in [-0.3, -0.25) is 15.0 Å². The number of fused-ring (bicyclic) bond motifs is 1. The average molecular weight is 321 g/mol. The van der Waals surface area contributed by atoms with Crippen molar-refractivity contribution < 1.29 is 14.0 Å². The fourth-order valence-corrected chi connectivity index (χ4v) is 2.28. The van der Waals surface area contributed by atoms with Gasteiger partial charge in [-0.15, -0.1) is 0 Å². The molecule has 0 spiro atoms. The number of carbonyl (C=O) groups excluding carboxylic acids is 2. The molecule has 126 valence electrons. The molecule has 0 saturated carbocycles. The summed E-state index contributed by atoms with van der Waals surface area (Å²) in [7, 11) is 1.83. The van der Waals surface area contributed by atoms with Crippen LogP contribution in [-0.4, -0.2) is 23.1 Å². The Hall–Kier alpha value is -2.37. The molecule has 0 unspecified atom stereocenters. The van der Waals surface area contributed by atoms with Gasteiger partial charge in [-0.2, -0.15) is 0 Å². The van der Waals surface area contributed by atoms with E-state index >= 15 is 0 Å². The molecule has 2 heterocycles. The molecule has 6 heteroatoms. The zero-order valence-electron chi connectivity index (χ0n) is 14.3. The van der Waals surface area contributed by atoms with Gasteiger partial charge in [-0.05, 0) is 12.1 Å². The highest BCUT2D eigenvalue weighted by atomic mass is 19.1. The van der Waals surface area contributed by atoms with E-state index in [1.165, 1.54) is 11.0 Å². The fraction of sp³-hybridized carbons (Fsp3) is 0.412. The van der Waals surface area contributed by atoms with E-state index in [1.807, 2.05) is 51.6 Å². The van der Waals surface area contributed by atoms with Crippen molar-refractivity contribution in [2.45, 2.75) is 34.1 Å². The van der Waals surface area contributed by atoms with Gasteiger partial charge >= 0.3 is 6.03 Å². The Kier molecular flexibility index (Phi) is 6.75. The van der Waals surface area contributed by atoms with E-state index < -0.39 is 11.8 Å². The molecule has 1 aromatic heterocycles. The molecule has 3 amide bonds. The molecule has 23 heavy (non-hydrogen) atoms. The van der Waals surface area contributed by atoms with Gasteiger partial charge < -0.3 is 4.57 Å². The van der Waals surface area contributed by atoms with Crippen LogP contribution >= 0.6 is 0 Å². The van der Waals surface area contributed by atoms with Crippen LogP contribution < -0.4 is 10.2 Å². The Morgan fingerprint density at radius 2 is 1.78 bits per heavy atom. The third-order valence-corrected chi connectivity index (χ3v) is 3.30. The number of aryl methyl sites for hydroxylation is 1. The summed E-state index contributed by atoms with van der Waals surface area (Å²) < 4.78 is 15.9. The molecule has 1 N–H and O–H groups in total. The van der Waals surface area contributed by atoms with Crippen LogP contribution in [0.15, 0.2) is 24.4 Å². The summed E-state index contributed by atoms with van der Waals surface area (Å²) in [4.78, 5) is 24.1. The van der Waals surface area contributed by atoms with Crippen LogP contribution in [0.1, 0.15) is 34.1 Å². The van der Waals surface area contributed by atoms with E-state index in [1.54, 1.807) is 6.07 Å². The second-order valence-electron chi connectivity index (χ2n) is 4.54. The van der Waals surface area contributed by atoms with E-state index in [2.05, 4.69) is 5.32 Å². The van der Waals surface area contributed by atoms with Gasteiger partial charge in [0.15, 0.2) is 0 Å². The summed E-state index contributed by atoms with van der Waals surface area (Å²) in [6.45, 7) is 8.19. The number of hydrogen-bond donors (Lipinski definition) is 1. The molecular formula is C17H24FN3O2. The topological polar surface area (TPSA) is 54.3 Å². The van der Waals surface area contributed by atoms with E-state index in [9.17, 15) is 14.0 Å². The monoisotopic (exact) mass is 321 g/mol. The van der Waals surface area contributed by atoms with Crippen LogP contribution in [0.3, 0.4) is 0 Å². The lowest BCUT2D eigenvalue weighted by Gasteiger charge is -2.26. The van der Waals surface area contributed by atoms with Crippen LogP contribution in [0.2, 0.25) is 0 Å². The third-order valence-electron chi connectivity index (χ3n) is 3.30. The van der Waals surface area contributed by atoms with Crippen LogP contribution in [0.4, 0.5) is 14.9 Å². The largest absolute Gasteiger partial charge is 0.350 e. The third kappa shape index (κ3) is 3.88. The van der Waals surface area contributed by atoms with Crippen LogP contribution in [0, 0.1) is 5.82 Å². The minimum absolute atomic E-state index is 0.179. The first kappa shape index (κ1) is 18.7. The van der Waals surface area contributed by atoms with E-state index in [-0.39, 0.29) is 24.6 Å². The van der Waals surface area contributed by atoms with Gasteiger partial charge in [0.25, 0.3) is 0 Å². The zero-order chi connectivity index (χ0) is 17.6. The minimum Gasteiger partial charge on any atom is -0.350 e. The molecule has 1 aliphatic heterocycles. The molecule has 0 aliphatic carbocycles. The van der Waals surface area contributed by atoms with E-state index in [0.717, 1.165) is 10.9 Å². The SMILES string of the molecule is CC.CC.Cn1ccc2cc(N3CCC(=O)NC3=O)c(F)cc21. The number of aromatic nitrogens is 1. The van der Waals surface area contributed by atoms with E-state index in [0.29, 0.717) is 0 Å². The smallest absolute Gasteiger partial charge is 0.328 e. The maximum absolute atomic E-state index is 14.1. The maximum Gasteiger partial charge on any atom is 0.328 e. The molecule has 0 atom stereocenters. The summed E-state index contributed by atoms with van der Waals surface area (Å²) in [5.74, 6) is -0.804. The molecule has 0 radical (unpaired) electrons. The summed E-state index contributed by atoms with van der Waals surface area (Å²) in [5.41, 5.74) is 0.957. The highest BCUT2D eigenvalue weighted by Gasteiger charge is 2.26. The molecule has 1 fully saturated rings. The fourth-order valence-electron chi connectivity index (χ4n) is 2.28. The van der Waals surface area contributed by atoms with Crippen molar-refractivity contribution in [3.05, 3.63) is 30.2 Å². The number of hydrogen-bond acceptors (Lipinski definition) is 2. The highest BCUT2D eigenvalue weighted by molar-refractivity contribution is 6.06. The van der Waals surface area contributed by atoms with Gasteiger partial charge in [0.1, 0.15) is 5.82 Å². The molecular weight excluding hydrogens is 297 g/mol. The number of benzene rings is 1. The normalized spacial score (nSPS) is 13.7. The first-order valence-electron chi connectivity index (χ1n) is 7.92. The van der Waals surface area contributed by atoms with Crippen LogP contribution in [0.5, 0.6) is 0 Å². The van der Waals surface area contributed by atoms with Gasteiger partial charge in [0.2, 0.25) is 5.91 Å². The van der Waals surface area contributed by atoms with Crippen molar-refractivity contribution in [1.82, 2.24) is 9.88 Å². The number of amides is 3. The Morgan fingerprint density at radius 3 is 2.39 bits per heavy atom. The second kappa shape index (κ2) is 8.31. The predicted molar refractivity (Wildman–Crippen MR) is 91.1 cm³/mol. The lowest BCUT2D eigenvalue weighted by Crippen LogP contribution is -2.49. The Bertz CT molecular complexity index is 694. The highest BCUT2D eigenvalue weighted by Crippen LogP contribution is 2.27. The van der Waals surface area contributed by atoms with Crippen molar-refractivity contribution in [3.63, 3.8) is 0 Å². The number of nitrogens with one attached hydrogen (secondary N) is 1. The second-order valence-corrected chi connectivity index (χ2v) is 4.54. The summed E-state index contributed by atoms with van der Waals surface area (Å²) >= 11 is 0. The molecule has 0 bridgehead atoms. The first-order valence-corrected chi connectivity index (χ1v) is 7.92. The van der Waals surface area contributed by atoms with Crippen LogP contribution in [0.25, 0.3) is 10.9 Å². The number of imide groups is 1. The van der Waals surface area contributed by atoms with Crippen molar-refractivity contribution >= 4 is 28.5 Å². The standard InChI is InChI=1S/C13H12FN3O2.2C2H6/c1-16-4-2-8-6-11(9(14)7-10(8)16)17-5-3-12(18)15-13(17)19;2*1-2/h2,4,6-7H,3,5H2,1H3,(H,15,18,19);2*1-2H3. The van der Waals surface area contributed by atoms with Crippen molar-refractivity contribution in [3.8, 4) is 0 Å². The van der Waals surface area contributed by atoms with Gasteiger partial charge in [-0.1, -0.05) is 27.7 Å². The number of anilines is 1. The Balaban J connectivity index is 0.000000615. The van der Waals surface area contributed by atoms with Crippen molar-refractivity contribution in [1.29, 1.82) is 0 Å². The predicted octanol–water partition coefficient (Wildman–Crippen LogP) is 3.82. The first-order chi connectivity index (χ1) is 11.1. The Morgan fingerprint density at radius 1 is 1.13 bits per heavy atom. The molecule has 2 aromatic rings. The zero-order valence-corrected chi connectivity index (χ0v) is 14.3. The minimum atomic E-state index is -0.578. The number of nitrogens with zero attached hydrogens (tertiary/aromatic N) is 2. The molecule has 1 saturated heterocycles. The number of urea groups is 1.